The smallest absolute Gasteiger partial charge is 0.224 e. The van der Waals surface area contributed by atoms with E-state index in [1.54, 1.807) is 6.07 Å². The zero-order valence-electron chi connectivity index (χ0n) is 20.9. The van der Waals surface area contributed by atoms with Crippen molar-refractivity contribution in [2.75, 3.05) is 85.1 Å². The van der Waals surface area contributed by atoms with Crippen LogP contribution in [-0.2, 0) is 11.2 Å². The highest BCUT2D eigenvalue weighted by Crippen LogP contribution is 2.25. The van der Waals surface area contributed by atoms with E-state index >= 15 is 0 Å². The van der Waals surface area contributed by atoms with Crippen molar-refractivity contribution < 1.29 is 15.0 Å². The summed E-state index contributed by atoms with van der Waals surface area (Å²) in [6.45, 7) is 12.3. The fraction of sp³-hybridized carbons (Fsp3) is 0.708. The summed E-state index contributed by atoms with van der Waals surface area (Å²) >= 11 is 0. The minimum atomic E-state index is -0.530. The van der Waals surface area contributed by atoms with Crippen molar-refractivity contribution in [3.05, 3.63) is 23.8 Å². The molecule has 3 fully saturated rings. The van der Waals surface area contributed by atoms with Crippen LogP contribution >= 0.6 is 0 Å². The van der Waals surface area contributed by atoms with Crippen LogP contribution in [0.1, 0.15) is 12.5 Å². The summed E-state index contributed by atoms with van der Waals surface area (Å²) in [5.74, 6) is -0.548. The molecular formula is C24H44N8O3. The van der Waals surface area contributed by atoms with Gasteiger partial charge in [-0.25, -0.2) is 0 Å². The summed E-state index contributed by atoms with van der Waals surface area (Å²) < 4.78 is 0. The Labute approximate surface area is 208 Å². The third-order valence-electron chi connectivity index (χ3n) is 6.58. The van der Waals surface area contributed by atoms with Gasteiger partial charge in [-0.2, -0.15) is 0 Å². The first-order chi connectivity index (χ1) is 17.0. The number of rotatable bonds is 5. The maximum Gasteiger partial charge on any atom is 0.224 e. The molecule has 1 amide bonds. The van der Waals surface area contributed by atoms with Gasteiger partial charge in [0, 0.05) is 78.5 Å². The zero-order chi connectivity index (χ0) is 25.0. The molecule has 3 aliphatic heterocycles. The summed E-state index contributed by atoms with van der Waals surface area (Å²) in [6, 6.07) is 4.48. The lowest BCUT2D eigenvalue weighted by Crippen LogP contribution is -2.67. The van der Waals surface area contributed by atoms with E-state index in [4.69, 9.17) is 0 Å². The second-order valence-corrected chi connectivity index (χ2v) is 9.70. The van der Waals surface area contributed by atoms with Crippen molar-refractivity contribution in [3.8, 4) is 11.5 Å². The Kier molecular flexibility index (Phi) is 11.0. The molecule has 198 valence electrons. The number of carbonyl (C=O) groups is 1. The summed E-state index contributed by atoms with van der Waals surface area (Å²) in [5, 5.41) is 47.7. The molecule has 35 heavy (non-hydrogen) atoms. The monoisotopic (exact) mass is 492 g/mol. The number of amides is 1. The number of fused-ring (bicyclic) bond motifs is 15. The molecule has 0 atom stereocenters. The van der Waals surface area contributed by atoms with E-state index in [-0.39, 0.29) is 29.4 Å². The number of aromatic hydroxyl groups is 2. The van der Waals surface area contributed by atoms with Crippen LogP contribution in [-0.4, -0.2) is 112 Å². The highest BCUT2D eigenvalue weighted by atomic mass is 16.3. The van der Waals surface area contributed by atoms with Crippen LogP contribution < -0.4 is 42.5 Å². The Morgan fingerprint density at radius 1 is 0.771 bits per heavy atom. The predicted octanol–water partition coefficient (Wildman–Crippen LogP) is -2.59. The number of likely N-dealkylation sites (N-methyl/N-ethyl adjacent to an activating group) is 1. The molecule has 0 radical (unpaired) electrons. The molecule has 4 rings (SSSR count). The van der Waals surface area contributed by atoms with Gasteiger partial charge in [-0.3, -0.25) is 4.79 Å². The number of hydrogen-bond donors (Lipinski definition) is 10. The molecule has 10 N–H and O–H groups in total. The normalized spacial score (nSPS) is 27.6. The highest BCUT2D eigenvalue weighted by molar-refractivity contribution is 5.79. The number of benzene rings is 1. The van der Waals surface area contributed by atoms with Crippen LogP contribution in [0.2, 0.25) is 0 Å². The van der Waals surface area contributed by atoms with E-state index in [1.165, 1.54) is 12.1 Å². The van der Waals surface area contributed by atoms with Crippen LogP contribution in [0, 0.1) is 0 Å². The first-order valence-corrected chi connectivity index (χ1v) is 12.8. The molecule has 0 aromatic heterocycles. The third kappa shape index (κ3) is 8.87. The summed E-state index contributed by atoms with van der Waals surface area (Å²) in [7, 11) is 0. The molecule has 3 saturated heterocycles. The predicted molar refractivity (Wildman–Crippen MR) is 138 cm³/mol. The molecule has 0 spiro atoms. The van der Waals surface area contributed by atoms with Gasteiger partial charge in [0.1, 0.15) is 0 Å². The fourth-order valence-electron chi connectivity index (χ4n) is 4.77. The molecule has 0 aliphatic carbocycles. The lowest BCUT2D eigenvalue weighted by atomic mass is 9.96. The quantitative estimate of drug-likeness (QED) is 0.198. The SMILES string of the molecule is CCNC12CNCCNCC(NC(=O)Cc3ccc(O)c(O)c3)(CNCCNC1)CNCCNC2. The number of hydrogen-bond acceptors (Lipinski definition) is 10. The van der Waals surface area contributed by atoms with Gasteiger partial charge >= 0.3 is 0 Å². The maximum atomic E-state index is 13.1. The van der Waals surface area contributed by atoms with E-state index in [0.717, 1.165) is 65.4 Å². The van der Waals surface area contributed by atoms with Crippen LogP contribution in [0.25, 0.3) is 0 Å². The van der Waals surface area contributed by atoms with Gasteiger partial charge in [-0.15, -0.1) is 0 Å². The fourth-order valence-corrected chi connectivity index (χ4v) is 4.77. The van der Waals surface area contributed by atoms with Crippen LogP contribution in [0.5, 0.6) is 11.5 Å². The lowest BCUT2D eigenvalue weighted by Gasteiger charge is -2.39. The third-order valence-corrected chi connectivity index (χ3v) is 6.58. The Balaban J connectivity index is 1.72. The van der Waals surface area contributed by atoms with Gasteiger partial charge in [0.05, 0.1) is 17.5 Å². The molecule has 1 aromatic rings. The molecule has 3 heterocycles. The largest absolute Gasteiger partial charge is 0.504 e. The van der Waals surface area contributed by atoms with E-state index < -0.39 is 5.54 Å². The van der Waals surface area contributed by atoms with E-state index in [9.17, 15) is 15.0 Å². The average Bonchev–Trinajstić information content (AvgIpc) is 2.82. The lowest BCUT2D eigenvalue weighted by molar-refractivity contribution is -0.122. The van der Waals surface area contributed by atoms with Crippen LogP contribution in [0.15, 0.2) is 18.2 Å². The van der Waals surface area contributed by atoms with Crippen LogP contribution in [0.3, 0.4) is 0 Å². The first kappa shape index (κ1) is 27.6. The van der Waals surface area contributed by atoms with Crippen molar-refractivity contribution >= 4 is 5.91 Å². The van der Waals surface area contributed by atoms with Gasteiger partial charge in [0.25, 0.3) is 0 Å². The zero-order valence-corrected chi connectivity index (χ0v) is 20.9. The van der Waals surface area contributed by atoms with Gasteiger partial charge in [-0.05, 0) is 24.2 Å². The topological polar surface area (TPSA) is 154 Å². The Hall–Kier alpha value is -1.99. The molecule has 0 unspecified atom stereocenters. The molecule has 11 nitrogen and oxygen atoms in total. The van der Waals surface area contributed by atoms with E-state index in [1.807, 2.05) is 0 Å². The summed E-state index contributed by atoms with van der Waals surface area (Å²) in [4.78, 5) is 13.1. The minimum Gasteiger partial charge on any atom is -0.504 e. The van der Waals surface area contributed by atoms with Crippen molar-refractivity contribution in [2.45, 2.75) is 24.4 Å². The second kappa shape index (κ2) is 13.9. The average molecular weight is 493 g/mol. The maximum absolute atomic E-state index is 13.1. The number of phenols is 2. The molecular weight excluding hydrogens is 448 g/mol. The number of phenolic OH excluding ortho intramolecular Hbond substituents is 2. The van der Waals surface area contributed by atoms with Crippen LogP contribution in [0.4, 0.5) is 0 Å². The standard InChI is InChI=1S/C24H44N8O3/c1-2-31-23-13-25-5-8-28-16-24(17-29-9-6-26-14-23,18-30-10-7-27-15-23)32-22(35)12-19-3-4-20(33)21(34)11-19/h3-4,11,25-31,33-34H,2,5-10,12-18H2,1H3,(H,32,35). The molecule has 0 saturated carbocycles. The van der Waals surface area contributed by atoms with Crippen molar-refractivity contribution in [3.63, 3.8) is 0 Å². The Morgan fingerprint density at radius 2 is 1.23 bits per heavy atom. The minimum absolute atomic E-state index is 0.0661. The second-order valence-electron chi connectivity index (χ2n) is 9.70. The summed E-state index contributed by atoms with van der Waals surface area (Å²) in [5.41, 5.74) is 0.0490. The number of carbonyl (C=O) groups excluding carboxylic acids is 1. The van der Waals surface area contributed by atoms with E-state index in [0.29, 0.717) is 25.2 Å². The van der Waals surface area contributed by atoms with Gasteiger partial charge in [-0.1, -0.05) is 13.0 Å². The van der Waals surface area contributed by atoms with E-state index in [2.05, 4.69) is 49.5 Å². The van der Waals surface area contributed by atoms with Gasteiger partial charge in [0.2, 0.25) is 5.91 Å². The summed E-state index contributed by atoms with van der Waals surface area (Å²) in [6.07, 6.45) is 0.118. The van der Waals surface area contributed by atoms with Crippen molar-refractivity contribution in [1.82, 2.24) is 42.5 Å². The first-order valence-electron chi connectivity index (χ1n) is 12.8. The highest BCUT2D eigenvalue weighted by Gasteiger charge is 2.32. The molecule has 3 aliphatic rings. The van der Waals surface area contributed by atoms with Crippen molar-refractivity contribution in [2.24, 2.45) is 0 Å². The van der Waals surface area contributed by atoms with Gasteiger partial charge < -0.3 is 52.7 Å². The number of nitrogens with one attached hydrogen (secondary N) is 8. The van der Waals surface area contributed by atoms with Crippen molar-refractivity contribution in [1.29, 1.82) is 0 Å². The molecule has 11 heteroatoms. The molecule has 2 bridgehead atoms. The Bertz CT molecular complexity index is 750. The Morgan fingerprint density at radius 3 is 1.66 bits per heavy atom. The van der Waals surface area contributed by atoms with Gasteiger partial charge in [0.15, 0.2) is 11.5 Å². The molecule has 1 aromatic carbocycles.